The molecule has 0 aliphatic heterocycles. The van der Waals surface area contributed by atoms with Crippen molar-refractivity contribution >= 4 is 5.82 Å². The molecular weight excluding hydrogens is 226 g/mol. The summed E-state index contributed by atoms with van der Waals surface area (Å²) >= 11 is 0. The standard InChI is InChI=1S/C14H23N3O/c1-14(18,10-17(2)3)9-15-13-8-7-11-5-4-6-12(11)16-13/h7-8,18H,4-6,9-10H2,1-3H3,(H,15,16). The first kappa shape index (κ1) is 13.3. The maximum atomic E-state index is 10.2. The molecule has 1 atom stereocenters. The molecule has 1 aliphatic carbocycles. The molecule has 0 fully saturated rings. The van der Waals surface area contributed by atoms with Crippen molar-refractivity contribution in [2.75, 3.05) is 32.5 Å². The number of rotatable bonds is 5. The van der Waals surface area contributed by atoms with Crippen molar-refractivity contribution in [3.8, 4) is 0 Å². The Hall–Kier alpha value is -1.13. The molecule has 0 bridgehead atoms. The van der Waals surface area contributed by atoms with Gasteiger partial charge in [-0.05, 0) is 51.9 Å². The van der Waals surface area contributed by atoms with Gasteiger partial charge in [-0.2, -0.15) is 0 Å². The van der Waals surface area contributed by atoms with Crippen LogP contribution < -0.4 is 5.32 Å². The third-order valence-corrected chi connectivity index (χ3v) is 3.24. The lowest BCUT2D eigenvalue weighted by atomic mass is 10.1. The van der Waals surface area contributed by atoms with E-state index in [-0.39, 0.29) is 0 Å². The third-order valence-electron chi connectivity index (χ3n) is 3.24. The molecule has 0 radical (unpaired) electrons. The van der Waals surface area contributed by atoms with Crippen LogP contribution in [0.4, 0.5) is 5.82 Å². The zero-order chi connectivity index (χ0) is 13.2. The highest BCUT2D eigenvalue weighted by Gasteiger charge is 2.21. The molecule has 0 aromatic carbocycles. The number of aryl methyl sites for hydroxylation is 2. The van der Waals surface area contributed by atoms with Crippen LogP contribution in [0.25, 0.3) is 0 Å². The average molecular weight is 249 g/mol. The lowest BCUT2D eigenvalue weighted by Gasteiger charge is -2.27. The Morgan fingerprint density at radius 1 is 1.39 bits per heavy atom. The van der Waals surface area contributed by atoms with Crippen molar-refractivity contribution < 1.29 is 5.11 Å². The van der Waals surface area contributed by atoms with E-state index in [9.17, 15) is 5.11 Å². The highest BCUT2D eigenvalue weighted by atomic mass is 16.3. The van der Waals surface area contributed by atoms with Gasteiger partial charge >= 0.3 is 0 Å². The van der Waals surface area contributed by atoms with Gasteiger partial charge in [0.1, 0.15) is 5.82 Å². The molecular formula is C14H23N3O. The summed E-state index contributed by atoms with van der Waals surface area (Å²) in [6.07, 6.45) is 3.45. The minimum Gasteiger partial charge on any atom is -0.387 e. The maximum Gasteiger partial charge on any atom is 0.126 e. The van der Waals surface area contributed by atoms with E-state index in [1.165, 1.54) is 17.7 Å². The molecule has 4 nitrogen and oxygen atoms in total. The van der Waals surface area contributed by atoms with Crippen LogP contribution in [0.15, 0.2) is 12.1 Å². The number of nitrogens with one attached hydrogen (secondary N) is 1. The second-order valence-corrected chi connectivity index (χ2v) is 5.74. The number of anilines is 1. The summed E-state index contributed by atoms with van der Waals surface area (Å²) in [6, 6.07) is 4.16. The third kappa shape index (κ3) is 3.43. The molecule has 100 valence electrons. The molecule has 1 heterocycles. The minimum absolute atomic E-state index is 0.511. The second kappa shape index (κ2) is 5.24. The van der Waals surface area contributed by atoms with Gasteiger partial charge in [-0.3, -0.25) is 0 Å². The van der Waals surface area contributed by atoms with Gasteiger partial charge in [-0.15, -0.1) is 0 Å². The summed E-state index contributed by atoms with van der Waals surface area (Å²) in [6.45, 7) is 2.98. The van der Waals surface area contributed by atoms with E-state index in [4.69, 9.17) is 0 Å². The number of aliphatic hydroxyl groups is 1. The molecule has 2 rings (SSSR count). The van der Waals surface area contributed by atoms with Crippen LogP contribution in [0.1, 0.15) is 24.6 Å². The Kier molecular flexibility index (Phi) is 3.88. The fraction of sp³-hybridized carbons (Fsp3) is 0.643. The highest BCUT2D eigenvalue weighted by Crippen LogP contribution is 2.21. The molecule has 0 saturated heterocycles. The predicted molar refractivity (Wildman–Crippen MR) is 73.9 cm³/mol. The molecule has 4 heteroatoms. The Labute approximate surface area is 109 Å². The van der Waals surface area contributed by atoms with Gasteiger partial charge in [0.15, 0.2) is 0 Å². The zero-order valence-corrected chi connectivity index (χ0v) is 11.5. The average Bonchev–Trinajstić information content (AvgIpc) is 2.71. The summed E-state index contributed by atoms with van der Waals surface area (Å²) in [5.74, 6) is 0.870. The zero-order valence-electron chi connectivity index (χ0n) is 11.5. The van der Waals surface area contributed by atoms with Gasteiger partial charge in [0.25, 0.3) is 0 Å². The SMILES string of the molecule is CN(C)CC(C)(O)CNc1ccc2c(n1)CCC2. The van der Waals surface area contributed by atoms with E-state index >= 15 is 0 Å². The maximum absolute atomic E-state index is 10.2. The van der Waals surface area contributed by atoms with Crippen LogP contribution in [0.2, 0.25) is 0 Å². The van der Waals surface area contributed by atoms with Crippen molar-refractivity contribution in [3.63, 3.8) is 0 Å². The Bertz CT molecular complexity index is 416. The number of fused-ring (bicyclic) bond motifs is 1. The summed E-state index contributed by atoms with van der Waals surface area (Å²) in [5, 5.41) is 13.4. The summed E-state index contributed by atoms with van der Waals surface area (Å²) < 4.78 is 0. The first-order valence-electron chi connectivity index (χ1n) is 6.56. The smallest absolute Gasteiger partial charge is 0.126 e. The topological polar surface area (TPSA) is 48.4 Å². The van der Waals surface area contributed by atoms with E-state index in [0.717, 1.165) is 18.7 Å². The molecule has 0 amide bonds. The molecule has 0 saturated carbocycles. The van der Waals surface area contributed by atoms with Gasteiger partial charge < -0.3 is 15.3 Å². The molecule has 1 aromatic rings. The summed E-state index contributed by atoms with van der Waals surface area (Å²) in [5.41, 5.74) is 1.84. The van der Waals surface area contributed by atoms with Gasteiger partial charge in [0.05, 0.1) is 5.60 Å². The van der Waals surface area contributed by atoms with Crippen LogP contribution in [0.3, 0.4) is 0 Å². The predicted octanol–water partition coefficient (Wildman–Crippen LogP) is 1.29. The van der Waals surface area contributed by atoms with Crippen LogP contribution >= 0.6 is 0 Å². The van der Waals surface area contributed by atoms with Gasteiger partial charge in [0, 0.05) is 18.8 Å². The number of likely N-dealkylation sites (N-methyl/N-ethyl adjacent to an activating group) is 1. The Morgan fingerprint density at radius 2 is 2.17 bits per heavy atom. The quantitative estimate of drug-likeness (QED) is 0.825. The first-order chi connectivity index (χ1) is 8.46. The molecule has 0 spiro atoms. The van der Waals surface area contributed by atoms with Crippen molar-refractivity contribution in [2.45, 2.75) is 31.8 Å². The van der Waals surface area contributed by atoms with Crippen molar-refractivity contribution in [1.82, 2.24) is 9.88 Å². The lowest BCUT2D eigenvalue weighted by Crippen LogP contribution is -2.43. The minimum atomic E-state index is -0.746. The van der Waals surface area contributed by atoms with Gasteiger partial charge in [0.2, 0.25) is 0 Å². The van der Waals surface area contributed by atoms with Crippen LogP contribution in [0.5, 0.6) is 0 Å². The van der Waals surface area contributed by atoms with E-state index in [2.05, 4.69) is 16.4 Å². The van der Waals surface area contributed by atoms with Gasteiger partial charge in [-0.25, -0.2) is 4.98 Å². The number of hydrogen-bond donors (Lipinski definition) is 2. The number of nitrogens with zero attached hydrogens (tertiary/aromatic N) is 2. The van der Waals surface area contributed by atoms with Crippen LogP contribution in [-0.2, 0) is 12.8 Å². The van der Waals surface area contributed by atoms with Crippen molar-refractivity contribution in [2.24, 2.45) is 0 Å². The molecule has 1 aromatic heterocycles. The van der Waals surface area contributed by atoms with E-state index < -0.39 is 5.60 Å². The second-order valence-electron chi connectivity index (χ2n) is 5.74. The van der Waals surface area contributed by atoms with Gasteiger partial charge in [-0.1, -0.05) is 6.07 Å². The summed E-state index contributed by atoms with van der Waals surface area (Å²) in [7, 11) is 3.92. The van der Waals surface area contributed by atoms with Crippen molar-refractivity contribution in [3.05, 3.63) is 23.4 Å². The Morgan fingerprint density at radius 3 is 2.89 bits per heavy atom. The lowest BCUT2D eigenvalue weighted by molar-refractivity contribution is 0.0459. The number of aromatic nitrogens is 1. The number of pyridine rings is 1. The van der Waals surface area contributed by atoms with Crippen molar-refractivity contribution in [1.29, 1.82) is 0 Å². The van der Waals surface area contributed by atoms with E-state index in [0.29, 0.717) is 13.1 Å². The molecule has 2 N–H and O–H groups in total. The van der Waals surface area contributed by atoms with Crippen LogP contribution in [0, 0.1) is 0 Å². The first-order valence-corrected chi connectivity index (χ1v) is 6.56. The fourth-order valence-electron chi connectivity index (χ4n) is 2.54. The molecule has 18 heavy (non-hydrogen) atoms. The fourth-order valence-corrected chi connectivity index (χ4v) is 2.54. The monoisotopic (exact) mass is 249 g/mol. The Balaban J connectivity index is 1.94. The summed E-state index contributed by atoms with van der Waals surface area (Å²) in [4.78, 5) is 6.58. The van der Waals surface area contributed by atoms with E-state index in [1.807, 2.05) is 32.0 Å². The van der Waals surface area contributed by atoms with E-state index in [1.54, 1.807) is 0 Å². The molecule has 1 aliphatic rings. The van der Waals surface area contributed by atoms with Crippen LogP contribution in [-0.4, -0.2) is 47.8 Å². The highest BCUT2D eigenvalue weighted by molar-refractivity contribution is 5.40. The normalized spacial score (nSPS) is 17.6. The molecule has 1 unspecified atom stereocenters. The number of hydrogen-bond acceptors (Lipinski definition) is 4. The largest absolute Gasteiger partial charge is 0.387 e.